The second kappa shape index (κ2) is 8.84. The normalized spacial score (nSPS) is 17.7. The molecule has 0 spiro atoms. The summed E-state index contributed by atoms with van der Waals surface area (Å²) in [7, 11) is -3.96. The Morgan fingerprint density at radius 1 is 1.23 bits per heavy atom. The van der Waals surface area contributed by atoms with Crippen molar-refractivity contribution in [3.63, 3.8) is 0 Å². The molecular formula is C24H23F3N4O3S. The van der Waals surface area contributed by atoms with Gasteiger partial charge in [0.15, 0.2) is 0 Å². The number of aromatic nitrogens is 2. The molecule has 0 radical (unpaired) electrons. The van der Waals surface area contributed by atoms with Gasteiger partial charge in [0.2, 0.25) is 10.0 Å². The van der Waals surface area contributed by atoms with Crippen molar-refractivity contribution in [2.24, 2.45) is 0 Å². The van der Waals surface area contributed by atoms with Crippen molar-refractivity contribution in [1.82, 2.24) is 14.3 Å². The molecule has 2 heterocycles. The molecule has 2 aliphatic carbocycles. The molecule has 0 atom stereocenters. The lowest BCUT2D eigenvalue weighted by molar-refractivity contribution is -0.0497. The maximum Gasteiger partial charge on any atom is 0.387 e. The highest BCUT2D eigenvalue weighted by Gasteiger charge is 2.46. The second-order valence-electron chi connectivity index (χ2n) is 9.10. The first kappa shape index (κ1) is 23.6. The first-order valence-corrected chi connectivity index (χ1v) is 12.8. The Hall–Kier alpha value is -3.10. The summed E-state index contributed by atoms with van der Waals surface area (Å²) in [6.45, 7) is -3.75. The molecule has 2 fully saturated rings. The SMILES string of the molecule is N#Cc1c(-c2ccc(S(=O)(=O)NC3(CF)CC3)cn2)n(C2CCCC2)c2cc(OC(F)F)ccc12. The van der Waals surface area contributed by atoms with E-state index in [0.717, 1.165) is 25.7 Å². The number of benzene rings is 1. The molecule has 2 saturated carbocycles. The van der Waals surface area contributed by atoms with Gasteiger partial charge < -0.3 is 9.30 Å². The summed E-state index contributed by atoms with van der Waals surface area (Å²) in [5.41, 5.74) is 0.763. The topological polar surface area (TPSA) is 97.0 Å². The number of alkyl halides is 3. The third kappa shape index (κ3) is 4.36. The number of hydrogen-bond acceptors (Lipinski definition) is 5. The van der Waals surface area contributed by atoms with Gasteiger partial charge in [0.1, 0.15) is 23.4 Å². The minimum Gasteiger partial charge on any atom is -0.435 e. The standard InChI is InChI=1S/C24H23F3N4O3S/c25-14-24(9-10-24)30-35(32,33)17-6-8-20(29-13-17)22-19(12-28)18-7-5-16(34-23(26)27)11-21(18)31(22)15-3-1-2-4-15/h5-8,11,13,15,23,30H,1-4,9-10,14H2. The van der Waals surface area contributed by atoms with Gasteiger partial charge in [0.05, 0.1) is 28.0 Å². The van der Waals surface area contributed by atoms with E-state index in [1.165, 1.54) is 30.5 Å². The molecule has 0 amide bonds. The summed E-state index contributed by atoms with van der Waals surface area (Å²) in [5, 5.41) is 10.6. The number of nitrogens with one attached hydrogen (secondary N) is 1. The number of halogens is 3. The van der Waals surface area contributed by atoms with Crippen LogP contribution in [0.3, 0.4) is 0 Å². The molecule has 0 bridgehead atoms. The van der Waals surface area contributed by atoms with Crippen LogP contribution in [0, 0.1) is 11.3 Å². The Morgan fingerprint density at radius 3 is 2.54 bits per heavy atom. The first-order chi connectivity index (χ1) is 16.8. The fourth-order valence-electron chi connectivity index (χ4n) is 4.81. The molecule has 1 aromatic carbocycles. The summed E-state index contributed by atoms with van der Waals surface area (Å²) < 4.78 is 73.2. The molecule has 184 valence electrons. The van der Waals surface area contributed by atoms with E-state index in [1.54, 1.807) is 6.07 Å². The van der Waals surface area contributed by atoms with Gasteiger partial charge in [0.25, 0.3) is 0 Å². The Labute approximate surface area is 200 Å². The Bertz CT molecular complexity index is 1400. The van der Waals surface area contributed by atoms with Crippen molar-refractivity contribution in [3.8, 4) is 23.2 Å². The predicted octanol–water partition coefficient (Wildman–Crippen LogP) is 5.07. The molecule has 0 saturated heterocycles. The third-order valence-corrected chi connectivity index (χ3v) is 8.32. The maximum atomic E-state index is 13.2. The van der Waals surface area contributed by atoms with Gasteiger partial charge in [0, 0.05) is 23.7 Å². The molecule has 2 aliphatic rings. The number of sulfonamides is 1. The molecule has 11 heteroatoms. The zero-order valence-electron chi connectivity index (χ0n) is 18.7. The number of rotatable bonds is 8. The molecule has 1 N–H and O–H groups in total. The zero-order valence-corrected chi connectivity index (χ0v) is 19.5. The van der Waals surface area contributed by atoms with Crippen LogP contribution in [0.4, 0.5) is 13.2 Å². The highest BCUT2D eigenvalue weighted by molar-refractivity contribution is 7.89. The van der Waals surface area contributed by atoms with Crippen LogP contribution in [0.15, 0.2) is 41.4 Å². The summed E-state index contributed by atoms with van der Waals surface area (Å²) in [6, 6.07) is 9.60. The average molecular weight is 505 g/mol. The maximum absolute atomic E-state index is 13.2. The number of nitrogens with zero attached hydrogens (tertiary/aromatic N) is 3. The third-order valence-electron chi connectivity index (χ3n) is 6.75. The molecule has 3 aromatic rings. The average Bonchev–Trinajstić information content (AvgIpc) is 3.25. The van der Waals surface area contributed by atoms with Crippen LogP contribution in [0.25, 0.3) is 22.3 Å². The molecule has 35 heavy (non-hydrogen) atoms. The van der Waals surface area contributed by atoms with Crippen LogP contribution in [0.2, 0.25) is 0 Å². The zero-order chi connectivity index (χ0) is 24.8. The van der Waals surface area contributed by atoms with Crippen molar-refractivity contribution in [2.75, 3.05) is 6.67 Å². The number of fused-ring (bicyclic) bond motifs is 1. The number of hydrogen-bond donors (Lipinski definition) is 1. The van der Waals surface area contributed by atoms with Crippen LogP contribution >= 0.6 is 0 Å². The quantitative estimate of drug-likeness (QED) is 0.462. The Morgan fingerprint density at radius 2 is 1.97 bits per heavy atom. The van der Waals surface area contributed by atoms with Crippen molar-refractivity contribution in [3.05, 3.63) is 42.1 Å². The lowest BCUT2D eigenvalue weighted by Crippen LogP contribution is -2.38. The van der Waals surface area contributed by atoms with E-state index in [2.05, 4.69) is 20.5 Å². The first-order valence-electron chi connectivity index (χ1n) is 11.4. The lowest BCUT2D eigenvalue weighted by Gasteiger charge is -2.18. The van der Waals surface area contributed by atoms with Crippen molar-refractivity contribution in [1.29, 1.82) is 5.26 Å². The van der Waals surface area contributed by atoms with Gasteiger partial charge in [-0.2, -0.15) is 14.0 Å². The second-order valence-corrected chi connectivity index (χ2v) is 10.8. The Balaban J connectivity index is 1.61. The van der Waals surface area contributed by atoms with Crippen LogP contribution in [-0.2, 0) is 10.0 Å². The van der Waals surface area contributed by atoms with E-state index in [4.69, 9.17) is 0 Å². The Kier molecular flexibility index (Phi) is 5.97. The summed E-state index contributed by atoms with van der Waals surface area (Å²) in [6.07, 6.45) is 5.76. The van der Waals surface area contributed by atoms with E-state index in [0.29, 0.717) is 40.7 Å². The van der Waals surface area contributed by atoms with Crippen LogP contribution < -0.4 is 9.46 Å². The van der Waals surface area contributed by atoms with E-state index in [-0.39, 0.29) is 16.7 Å². The van der Waals surface area contributed by atoms with Gasteiger partial charge in [-0.15, -0.1) is 0 Å². The molecule has 0 unspecified atom stereocenters. The van der Waals surface area contributed by atoms with E-state index in [1.807, 2.05) is 4.57 Å². The van der Waals surface area contributed by atoms with E-state index in [9.17, 15) is 26.9 Å². The number of ether oxygens (including phenoxy) is 1. The summed E-state index contributed by atoms with van der Waals surface area (Å²) in [4.78, 5) is 4.26. The molecular weight excluding hydrogens is 481 g/mol. The van der Waals surface area contributed by atoms with Gasteiger partial charge >= 0.3 is 6.61 Å². The van der Waals surface area contributed by atoms with Gasteiger partial charge in [-0.1, -0.05) is 12.8 Å². The minimum absolute atomic E-state index is 0.0115. The summed E-state index contributed by atoms with van der Waals surface area (Å²) >= 11 is 0. The molecule has 0 aliphatic heterocycles. The largest absolute Gasteiger partial charge is 0.435 e. The number of pyridine rings is 1. The van der Waals surface area contributed by atoms with Crippen molar-refractivity contribution < 1.29 is 26.3 Å². The van der Waals surface area contributed by atoms with Gasteiger partial charge in [-0.05, 0) is 49.9 Å². The highest BCUT2D eigenvalue weighted by atomic mass is 32.2. The molecule has 5 rings (SSSR count). The van der Waals surface area contributed by atoms with Crippen molar-refractivity contribution >= 4 is 20.9 Å². The lowest BCUT2D eigenvalue weighted by atomic mass is 10.1. The van der Waals surface area contributed by atoms with E-state index >= 15 is 0 Å². The van der Waals surface area contributed by atoms with E-state index < -0.39 is 28.8 Å². The smallest absolute Gasteiger partial charge is 0.387 e. The fraction of sp³-hybridized carbons (Fsp3) is 0.417. The van der Waals surface area contributed by atoms with Crippen LogP contribution in [-0.4, -0.2) is 36.8 Å². The van der Waals surface area contributed by atoms with Gasteiger partial charge in [-0.25, -0.2) is 17.5 Å². The minimum atomic E-state index is -3.96. The van der Waals surface area contributed by atoms with Crippen molar-refractivity contribution in [2.45, 2.75) is 61.6 Å². The highest BCUT2D eigenvalue weighted by Crippen LogP contribution is 2.42. The molecule has 7 nitrogen and oxygen atoms in total. The predicted molar refractivity (Wildman–Crippen MR) is 122 cm³/mol. The monoisotopic (exact) mass is 504 g/mol. The van der Waals surface area contributed by atoms with Gasteiger partial charge in [-0.3, -0.25) is 4.98 Å². The number of nitriles is 1. The van der Waals surface area contributed by atoms with Crippen LogP contribution in [0.5, 0.6) is 5.75 Å². The fourth-order valence-corrected chi connectivity index (χ4v) is 6.20. The van der Waals surface area contributed by atoms with Crippen LogP contribution in [0.1, 0.15) is 50.1 Å². The molecule has 2 aromatic heterocycles. The summed E-state index contributed by atoms with van der Waals surface area (Å²) in [5.74, 6) is -0.0115.